The molecule has 0 radical (unpaired) electrons. The molecule has 0 N–H and O–H groups in total. The van der Waals surface area contributed by atoms with Crippen molar-refractivity contribution in [3.8, 4) is 0 Å². The van der Waals surface area contributed by atoms with Crippen LogP contribution in [0.2, 0.25) is 0 Å². The fraction of sp³-hybridized carbons (Fsp3) is 0.571. The van der Waals surface area contributed by atoms with Crippen molar-refractivity contribution in [2.75, 3.05) is 6.61 Å². The van der Waals surface area contributed by atoms with Gasteiger partial charge in [0, 0.05) is 0 Å². The number of unbranched alkanes of at least 4 members (excludes halogenated alkanes) is 4. The van der Waals surface area contributed by atoms with Crippen molar-refractivity contribution in [1.82, 2.24) is 0 Å². The van der Waals surface area contributed by atoms with E-state index in [0.717, 1.165) is 25.3 Å². The first-order chi connectivity index (χ1) is 8.17. The molecule has 0 saturated carbocycles. The van der Waals surface area contributed by atoms with Crippen molar-refractivity contribution in [3.63, 3.8) is 0 Å². The van der Waals surface area contributed by atoms with E-state index < -0.39 is 11.7 Å². The molecule has 0 fully saturated rings. The highest BCUT2D eigenvalue weighted by atomic mass is 19.2. The minimum atomic E-state index is -0.976. The molecule has 0 unspecified atom stereocenters. The Balaban J connectivity index is 4.03. The predicted octanol–water partition coefficient (Wildman–Crippen LogP) is 5.21. The summed E-state index contributed by atoms with van der Waals surface area (Å²) in [5, 5.41) is 0. The Hall–Kier alpha value is -1.12. The fourth-order valence-electron chi connectivity index (χ4n) is 1.34. The number of allylic oxidation sites excluding steroid dienone is 4. The van der Waals surface area contributed by atoms with Gasteiger partial charge in [0.2, 0.25) is 0 Å². The molecule has 0 heterocycles. The minimum absolute atomic E-state index is 0.115. The lowest BCUT2D eigenvalue weighted by Crippen LogP contribution is -1.96. The van der Waals surface area contributed by atoms with E-state index in [2.05, 4.69) is 13.5 Å². The van der Waals surface area contributed by atoms with E-state index in [1.807, 2.05) is 0 Å². The van der Waals surface area contributed by atoms with E-state index in [9.17, 15) is 8.78 Å². The largest absolute Gasteiger partial charge is 0.490 e. The molecule has 0 aliphatic rings. The van der Waals surface area contributed by atoms with E-state index in [4.69, 9.17) is 4.74 Å². The summed E-state index contributed by atoms with van der Waals surface area (Å²) in [6.45, 7) is 7.38. The predicted molar refractivity (Wildman–Crippen MR) is 67.9 cm³/mol. The van der Waals surface area contributed by atoms with Gasteiger partial charge in [0.25, 0.3) is 0 Å². The molecule has 0 aromatic carbocycles. The maximum atomic E-state index is 13.3. The monoisotopic (exact) mass is 244 g/mol. The zero-order chi connectivity index (χ0) is 13.1. The van der Waals surface area contributed by atoms with Crippen LogP contribution in [0.4, 0.5) is 8.78 Å². The molecule has 0 bridgehead atoms. The van der Waals surface area contributed by atoms with Crippen LogP contribution in [0.1, 0.15) is 46.0 Å². The SMILES string of the molecule is C=C/C(OCCCCCCC)=C(F)\C(F)=C/C. The Kier molecular flexibility index (Phi) is 9.40. The second kappa shape index (κ2) is 10.1. The summed E-state index contributed by atoms with van der Waals surface area (Å²) < 4.78 is 31.4. The summed E-state index contributed by atoms with van der Waals surface area (Å²) in [7, 11) is 0. The topological polar surface area (TPSA) is 9.23 Å². The normalized spacial score (nSPS) is 13.3. The Morgan fingerprint density at radius 2 is 1.82 bits per heavy atom. The lowest BCUT2D eigenvalue weighted by atomic mass is 10.2. The summed E-state index contributed by atoms with van der Waals surface area (Å²) >= 11 is 0. The van der Waals surface area contributed by atoms with Crippen LogP contribution in [-0.4, -0.2) is 6.61 Å². The molecule has 98 valence electrons. The number of ether oxygens (including phenoxy) is 1. The minimum Gasteiger partial charge on any atom is -0.490 e. The van der Waals surface area contributed by atoms with Crippen molar-refractivity contribution < 1.29 is 13.5 Å². The zero-order valence-corrected chi connectivity index (χ0v) is 10.8. The molecule has 0 saturated heterocycles. The smallest absolute Gasteiger partial charge is 0.200 e. The molecule has 0 aliphatic carbocycles. The zero-order valence-electron chi connectivity index (χ0n) is 10.8. The first-order valence-electron chi connectivity index (χ1n) is 6.14. The summed E-state index contributed by atoms with van der Waals surface area (Å²) in [6, 6.07) is 0. The quantitative estimate of drug-likeness (QED) is 0.307. The first kappa shape index (κ1) is 15.9. The molecule has 0 aliphatic heterocycles. The second-order valence-electron chi connectivity index (χ2n) is 3.78. The van der Waals surface area contributed by atoms with Crippen LogP contribution in [0.5, 0.6) is 0 Å². The van der Waals surface area contributed by atoms with Gasteiger partial charge in [0.1, 0.15) is 0 Å². The van der Waals surface area contributed by atoms with Crippen LogP contribution in [0.15, 0.2) is 36.1 Å². The maximum absolute atomic E-state index is 13.3. The molecule has 1 nitrogen and oxygen atoms in total. The molecule has 0 amide bonds. The third kappa shape index (κ3) is 6.93. The Labute approximate surface area is 103 Å². The molecule has 0 aromatic rings. The number of hydrogen-bond acceptors (Lipinski definition) is 1. The first-order valence-corrected chi connectivity index (χ1v) is 6.14. The average Bonchev–Trinajstić information content (AvgIpc) is 2.36. The Bertz CT molecular complexity index is 280. The number of rotatable bonds is 9. The van der Waals surface area contributed by atoms with E-state index in [0.29, 0.717) is 6.61 Å². The van der Waals surface area contributed by atoms with Crippen LogP contribution in [0.3, 0.4) is 0 Å². The number of hydrogen-bond donors (Lipinski definition) is 0. The lowest BCUT2D eigenvalue weighted by molar-refractivity contribution is 0.206. The van der Waals surface area contributed by atoms with Crippen LogP contribution >= 0.6 is 0 Å². The van der Waals surface area contributed by atoms with Crippen molar-refractivity contribution in [1.29, 1.82) is 0 Å². The Morgan fingerprint density at radius 1 is 1.18 bits per heavy atom. The third-order valence-electron chi connectivity index (χ3n) is 2.37. The average molecular weight is 244 g/mol. The highest BCUT2D eigenvalue weighted by Gasteiger charge is 2.09. The second-order valence-corrected chi connectivity index (χ2v) is 3.78. The molecule has 0 aromatic heterocycles. The molecule has 3 heteroatoms. The van der Waals surface area contributed by atoms with Crippen molar-refractivity contribution in [2.24, 2.45) is 0 Å². The third-order valence-corrected chi connectivity index (χ3v) is 2.37. The van der Waals surface area contributed by atoms with Crippen LogP contribution < -0.4 is 0 Å². The van der Waals surface area contributed by atoms with Gasteiger partial charge in [0.05, 0.1) is 6.61 Å². The lowest BCUT2D eigenvalue weighted by Gasteiger charge is -2.07. The van der Waals surface area contributed by atoms with E-state index in [1.165, 1.54) is 25.8 Å². The standard InChI is InChI=1S/C14H22F2O/c1-4-7-8-9-10-11-17-13(6-3)14(16)12(15)5-2/h5-6H,3-4,7-11H2,1-2H3/b12-5+,14-13-. The van der Waals surface area contributed by atoms with Gasteiger partial charge in [-0.3, -0.25) is 0 Å². The van der Waals surface area contributed by atoms with Gasteiger partial charge in [-0.2, -0.15) is 4.39 Å². The highest BCUT2D eigenvalue weighted by molar-refractivity contribution is 5.26. The van der Waals surface area contributed by atoms with E-state index in [1.54, 1.807) is 0 Å². The fourth-order valence-corrected chi connectivity index (χ4v) is 1.34. The summed E-state index contributed by atoms with van der Waals surface area (Å²) in [5.74, 6) is -2.00. The van der Waals surface area contributed by atoms with Gasteiger partial charge in [-0.1, -0.05) is 39.2 Å². The molecular weight excluding hydrogens is 222 g/mol. The Morgan fingerprint density at radius 3 is 2.35 bits per heavy atom. The molecule has 0 spiro atoms. The summed E-state index contributed by atoms with van der Waals surface area (Å²) in [6.07, 6.45) is 7.69. The summed E-state index contributed by atoms with van der Waals surface area (Å²) in [4.78, 5) is 0. The van der Waals surface area contributed by atoms with Crippen LogP contribution in [0.25, 0.3) is 0 Å². The van der Waals surface area contributed by atoms with Gasteiger partial charge in [-0.15, -0.1) is 0 Å². The summed E-state index contributed by atoms with van der Waals surface area (Å²) in [5.41, 5.74) is 0. The van der Waals surface area contributed by atoms with Gasteiger partial charge in [-0.05, 0) is 25.5 Å². The van der Waals surface area contributed by atoms with Crippen molar-refractivity contribution >= 4 is 0 Å². The van der Waals surface area contributed by atoms with E-state index >= 15 is 0 Å². The van der Waals surface area contributed by atoms with Crippen molar-refractivity contribution in [2.45, 2.75) is 46.0 Å². The van der Waals surface area contributed by atoms with Crippen LogP contribution in [0, 0.1) is 0 Å². The van der Waals surface area contributed by atoms with Gasteiger partial charge < -0.3 is 4.74 Å². The highest BCUT2D eigenvalue weighted by Crippen LogP contribution is 2.19. The molecular formula is C14H22F2O. The van der Waals surface area contributed by atoms with Crippen LogP contribution in [-0.2, 0) is 4.74 Å². The van der Waals surface area contributed by atoms with E-state index in [-0.39, 0.29) is 5.76 Å². The number of halogens is 2. The molecule has 0 atom stereocenters. The van der Waals surface area contributed by atoms with Crippen molar-refractivity contribution in [3.05, 3.63) is 36.1 Å². The molecule has 0 rings (SSSR count). The van der Waals surface area contributed by atoms with Gasteiger partial charge in [-0.25, -0.2) is 4.39 Å². The van der Waals surface area contributed by atoms with Gasteiger partial charge in [0.15, 0.2) is 17.4 Å². The maximum Gasteiger partial charge on any atom is 0.200 e. The molecule has 17 heavy (non-hydrogen) atoms. The van der Waals surface area contributed by atoms with Gasteiger partial charge >= 0.3 is 0 Å².